The van der Waals surface area contributed by atoms with Gasteiger partial charge in [0.25, 0.3) is 5.89 Å². The molecule has 0 spiro atoms. The number of rotatable bonds is 3. The van der Waals surface area contributed by atoms with E-state index >= 15 is 0 Å². The smallest absolute Gasteiger partial charge is 0.285 e. The molecule has 6 heteroatoms. The minimum Gasteiger partial charge on any atom is -0.418 e. The molecule has 1 aromatic heterocycles. The van der Waals surface area contributed by atoms with E-state index in [-0.39, 0.29) is 35.4 Å². The summed E-state index contributed by atoms with van der Waals surface area (Å²) in [5.74, 6) is 0.216. The molecule has 0 aliphatic rings. The Morgan fingerprint density at radius 2 is 1.82 bits per heavy atom. The van der Waals surface area contributed by atoms with E-state index in [1.54, 1.807) is 0 Å². The largest absolute Gasteiger partial charge is 0.418 e. The summed E-state index contributed by atoms with van der Waals surface area (Å²) in [6.45, 7) is 9.58. The topological polar surface area (TPSA) is 82.0 Å². The van der Waals surface area contributed by atoms with E-state index in [1.165, 1.54) is 0 Å². The van der Waals surface area contributed by atoms with Crippen LogP contribution in [0, 0.1) is 5.92 Å². The second-order valence-electron chi connectivity index (χ2n) is 5.30. The molecule has 1 rings (SSSR count). The van der Waals surface area contributed by atoms with E-state index < -0.39 is 6.04 Å². The maximum absolute atomic E-state index is 11.8. The third kappa shape index (κ3) is 3.78. The standard InChI is InChI=1S/C11H19N3O2.ClH/c1-6(2)7(12)8(15)9-13-14-10(16-9)11(3,4)5;/h6-7H,12H2,1-5H3;1H. The Morgan fingerprint density at radius 1 is 1.29 bits per heavy atom. The lowest BCUT2D eigenvalue weighted by molar-refractivity contribution is 0.0902. The molecule has 1 atom stereocenters. The summed E-state index contributed by atoms with van der Waals surface area (Å²) in [6, 6.07) is -0.590. The monoisotopic (exact) mass is 261 g/mol. The van der Waals surface area contributed by atoms with Crippen molar-refractivity contribution in [3.05, 3.63) is 11.8 Å². The third-order valence-electron chi connectivity index (χ3n) is 2.30. The van der Waals surface area contributed by atoms with Crippen molar-refractivity contribution >= 4 is 18.2 Å². The van der Waals surface area contributed by atoms with Crippen LogP contribution in [0.2, 0.25) is 0 Å². The molecule has 0 aliphatic carbocycles. The molecule has 0 fully saturated rings. The molecule has 0 aliphatic heterocycles. The lowest BCUT2D eigenvalue weighted by Gasteiger charge is -2.12. The van der Waals surface area contributed by atoms with Gasteiger partial charge in [-0.15, -0.1) is 22.6 Å². The molecule has 98 valence electrons. The first-order valence-electron chi connectivity index (χ1n) is 5.37. The molecule has 0 saturated carbocycles. The number of ketones is 1. The fourth-order valence-electron chi connectivity index (χ4n) is 1.07. The van der Waals surface area contributed by atoms with Crippen LogP contribution in [0.3, 0.4) is 0 Å². The zero-order valence-corrected chi connectivity index (χ0v) is 11.7. The number of carbonyl (C=O) groups excluding carboxylic acids is 1. The van der Waals surface area contributed by atoms with E-state index in [4.69, 9.17) is 10.2 Å². The number of hydrogen-bond acceptors (Lipinski definition) is 5. The van der Waals surface area contributed by atoms with Crippen molar-refractivity contribution in [2.24, 2.45) is 11.7 Å². The summed E-state index contributed by atoms with van der Waals surface area (Å²) in [7, 11) is 0. The Balaban J connectivity index is 0.00000256. The summed E-state index contributed by atoms with van der Waals surface area (Å²) in [5.41, 5.74) is 5.48. The first-order chi connectivity index (χ1) is 7.23. The number of halogens is 1. The van der Waals surface area contributed by atoms with Gasteiger partial charge in [0.2, 0.25) is 11.7 Å². The minimum atomic E-state index is -0.590. The van der Waals surface area contributed by atoms with Gasteiger partial charge in [-0.3, -0.25) is 4.79 Å². The van der Waals surface area contributed by atoms with Gasteiger partial charge in [0.05, 0.1) is 6.04 Å². The summed E-state index contributed by atoms with van der Waals surface area (Å²) in [5, 5.41) is 7.60. The van der Waals surface area contributed by atoms with E-state index in [0.717, 1.165) is 0 Å². The number of nitrogens with zero attached hydrogens (tertiary/aromatic N) is 2. The van der Waals surface area contributed by atoms with Gasteiger partial charge in [-0.25, -0.2) is 0 Å². The van der Waals surface area contributed by atoms with E-state index in [2.05, 4.69) is 10.2 Å². The number of Topliss-reactive ketones (excluding diaryl/α,β-unsaturated/α-hetero) is 1. The SMILES string of the molecule is CC(C)C(N)C(=O)c1nnc(C(C)(C)C)o1.Cl. The Hall–Kier alpha value is -0.940. The molecule has 1 unspecified atom stereocenters. The minimum absolute atomic E-state index is 0. The van der Waals surface area contributed by atoms with Crippen molar-refractivity contribution < 1.29 is 9.21 Å². The van der Waals surface area contributed by atoms with Crippen molar-refractivity contribution in [2.75, 3.05) is 0 Å². The van der Waals surface area contributed by atoms with Gasteiger partial charge in [0, 0.05) is 5.41 Å². The van der Waals surface area contributed by atoms with Gasteiger partial charge in [-0.2, -0.15) is 0 Å². The number of carbonyl (C=O) groups is 1. The van der Waals surface area contributed by atoms with Crippen LogP contribution < -0.4 is 5.73 Å². The van der Waals surface area contributed by atoms with Crippen LogP contribution in [-0.4, -0.2) is 22.0 Å². The highest BCUT2D eigenvalue weighted by Gasteiger charge is 2.27. The molecular weight excluding hydrogens is 242 g/mol. The molecule has 1 aromatic rings. The molecule has 5 nitrogen and oxygen atoms in total. The molecule has 0 amide bonds. The molecule has 17 heavy (non-hydrogen) atoms. The predicted molar refractivity (Wildman–Crippen MR) is 67.4 cm³/mol. The Labute approximate surface area is 108 Å². The highest BCUT2D eigenvalue weighted by atomic mass is 35.5. The lowest BCUT2D eigenvalue weighted by Crippen LogP contribution is -2.35. The summed E-state index contributed by atoms with van der Waals surface area (Å²) >= 11 is 0. The van der Waals surface area contributed by atoms with Gasteiger partial charge in [0.1, 0.15) is 0 Å². The molecule has 2 N–H and O–H groups in total. The van der Waals surface area contributed by atoms with Crippen LogP contribution in [0.1, 0.15) is 51.2 Å². The van der Waals surface area contributed by atoms with Crippen LogP contribution >= 0.6 is 12.4 Å². The second kappa shape index (κ2) is 5.60. The lowest BCUT2D eigenvalue weighted by atomic mass is 9.97. The summed E-state index contributed by atoms with van der Waals surface area (Å²) < 4.78 is 5.33. The van der Waals surface area contributed by atoms with Crippen molar-refractivity contribution in [3.63, 3.8) is 0 Å². The predicted octanol–water partition coefficient (Wildman–Crippen LogP) is 1.95. The Bertz CT molecular complexity index is 382. The Morgan fingerprint density at radius 3 is 2.18 bits per heavy atom. The van der Waals surface area contributed by atoms with Crippen molar-refractivity contribution in [3.8, 4) is 0 Å². The molecule has 1 heterocycles. The molecule has 0 aromatic carbocycles. The highest BCUT2D eigenvalue weighted by molar-refractivity contribution is 5.96. The molecular formula is C11H20ClN3O2. The zero-order valence-electron chi connectivity index (χ0n) is 10.9. The molecule has 0 radical (unpaired) electrons. The zero-order chi connectivity index (χ0) is 12.5. The fourth-order valence-corrected chi connectivity index (χ4v) is 1.07. The van der Waals surface area contributed by atoms with Gasteiger partial charge in [-0.1, -0.05) is 34.6 Å². The number of hydrogen-bond donors (Lipinski definition) is 1. The fraction of sp³-hybridized carbons (Fsp3) is 0.727. The van der Waals surface area contributed by atoms with Crippen molar-refractivity contribution in [1.82, 2.24) is 10.2 Å². The van der Waals surface area contributed by atoms with Gasteiger partial charge in [-0.05, 0) is 5.92 Å². The van der Waals surface area contributed by atoms with Crippen LogP contribution in [0.15, 0.2) is 4.42 Å². The van der Waals surface area contributed by atoms with Crippen LogP contribution in [0.4, 0.5) is 0 Å². The maximum atomic E-state index is 11.8. The van der Waals surface area contributed by atoms with E-state index in [0.29, 0.717) is 5.89 Å². The first-order valence-corrected chi connectivity index (χ1v) is 5.37. The van der Waals surface area contributed by atoms with E-state index in [1.807, 2.05) is 34.6 Å². The molecule has 0 bridgehead atoms. The van der Waals surface area contributed by atoms with Crippen molar-refractivity contribution in [1.29, 1.82) is 0 Å². The highest BCUT2D eigenvalue weighted by Crippen LogP contribution is 2.20. The number of aromatic nitrogens is 2. The van der Waals surface area contributed by atoms with Crippen LogP contribution in [0.5, 0.6) is 0 Å². The summed E-state index contributed by atoms with van der Waals surface area (Å²) in [4.78, 5) is 11.8. The van der Waals surface area contributed by atoms with Crippen molar-refractivity contribution in [2.45, 2.75) is 46.1 Å². The van der Waals surface area contributed by atoms with Gasteiger partial charge in [0.15, 0.2) is 0 Å². The Kier molecular flexibility index (Phi) is 5.29. The third-order valence-corrected chi connectivity index (χ3v) is 2.30. The van der Waals surface area contributed by atoms with E-state index in [9.17, 15) is 4.79 Å². The van der Waals surface area contributed by atoms with Crippen LogP contribution in [-0.2, 0) is 5.41 Å². The van der Waals surface area contributed by atoms with Crippen LogP contribution in [0.25, 0.3) is 0 Å². The summed E-state index contributed by atoms with van der Waals surface area (Å²) in [6.07, 6.45) is 0. The number of nitrogens with two attached hydrogens (primary N) is 1. The molecule has 0 saturated heterocycles. The maximum Gasteiger partial charge on any atom is 0.285 e. The van der Waals surface area contributed by atoms with Gasteiger partial charge < -0.3 is 10.2 Å². The van der Waals surface area contributed by atoms with Gasteiger partial charge >= 0.3 is 0 Å². The first kappa shape index (κ1) is 16.1. The average molecular weight is 262 g/mol. The average Bonchev–Trinajstić information content (AvgIpc) is 2.63. The second-order valence-corrected chi connectivity index (χ2v) is 5.30. The normalized spacial score (nSPS) is 13.4. The quantitative estimate of drug-likeness (QED) is 0.841.